The zero-order valence-corrected chi connectivity index (χ0v) is 22.6. The molecule has 0 aromatic heterocycles. The first kappa shape index (κ1) is 29.4. The molecule has 2 heteroatoms. The minimum atomic E-state index is 0.644. The molecule has 0 spiro atoms. The molecule has 2 nitrogen and oxygen atoms in total. The lowest BCUT2D eigenvalue weighted by Gasteiger charge is -2.33. The Kier molecular flexibility index (Phi) is 20.3. The van der Waals surface area contributed by atoms with E-state index >= 15 is 0 Å². The van der Waals surface area contributed by atoms with E-state index in [1.165, 1.54) is 154 Å². The fraction of sp³-hybridized carbons (Fsp3) is 0.933. The highest BCUT2D eigenvalue weighted by molar-refractivity contribution is 4.96. The molecule has 1 heterocycles. The van der Waals surface area contributed by atoms with Crippen molar-refractivity contribution < 1.29 is 0 Å². The van der Waals surface area contributed by atoms with Gasteiger partial charge < -0.3 is 9.80 Å². The molecule has 0 unspecified atom stereocenters. The fourth-order valence-corrected chi connectivity index (χ4v) is 5.13. The van der Waals surface area contributed by atoms with Gasteiger partial charge in [-0.05, 0) is 25.7 Å². The molecular formula is C30H60N2. The Hall–Kier alpha value is -0.660. The maximum atomic E-state index is 2.66. The van der Waals surface area contributed by atoms with E-state index in [0.29, 0.717) is 6.17 Å². The van der Waals surface area contributed by atoms with E-state index in [2.05, 4.69) is 43.0 Å². The molecule has 0 fully saturated rings. The molecule has 0 aromatic rings. The van der Waals surface area contributed by atoms with Crippen molar-refractivity contribution in [2.45, 2.75) is 168 Å². The largest absolute Gasteiger partial charge is 0.356 e. The molecule has 0 saturated heterocycles. The summed E-state index contributed by atoms with van der Waals surface area (Å²) >= 11 is 0. The van der Waals surface area contributed by atoms with Crippen LogP contribution < -0.4 is 0 Å². The van der Waals surface area contributed by atoms with Gasteiger partial charge in [0.2, 0.25) is 0 Å². The summed E-state index contributed by atoms with van der Waals surface area (Å²) in [7, 11) is 0. The summed E-state index contributed by atoms with van der Waals surface area (Å²) in [5, 5.41) is 0. The second-order valence-corrected chi connectivity index (χ2v) is 10.4. The number of unbranched alkanes of at least 4 members (excludes halogenated alkanes) is 18. The number of hydrogen-bond acceptors (Lipinski definition) is 2. The van der Waals surface area contributed by atoms with Crippen LogP contribution in [0.15, 0.2) is 12.4 Å². The monoisotopic (exact) mass is 448 g/mol. The third-order valence-electron chi connectivity index (χ3n) is 7.32. The van der Waals surface area contributed by atoms with Crippen molar-refractivity contribution >= 4 is 0 Å². The van der Waals surface area contributed by atoms with Gasteiger partial charge in [-0.15, -0.1) is 0 Å². The second-order valence-electron chi connectivity index (χ2n) is 10.4. The minimum absolute atomic E-state index is 0.644. The molecule has 0 saturated carbocycles. The van der Waals surface area contributed by atoms with E-state index in [1.54, 1.807) is 0 Å². The van der Waals surface area contributed by atoms with Gasteiger partial charge in [-0.3, -0.25) is 0 Å². The first-order valence-electron chi connectivity index (χ1n) is 15.0. The van der Waals surface area contributed by atoms with Crippen molar-refractivity contribution in [3.05, 3.63) is 12.4 Å². The predicted molar refractivity (Wildman–Crippen MR) is 145 cm³/mol. The molecule has 0 radical (unpaired) electrons. The van der Waals surface area contributed by atoms with Gasteiger partial charge in [0.25, 0.3) is 0 Å². The molecule has 32 heavy (non-hydrogen) atoms. The van der Waals surface area contributed by atoms with Crippen molar-refractivity contribution in [1.82, 2.24) is 9.80 Å². The van der Waals surface area contributed by atoms with Crippen LogP contribution in [-0.2, 0) is 0 Å². The molecule has 0 aliphatic carbocycles. The molecule has 0 atom stereocenters. The summed E-state index contributed by atoms with van der Waals surface area (Å²) in [6.45, 7) is 9.44. The molecule has 1 aliphatic rings. The summed E-state index contributed by atoms with van der Waals surface area (Å²) in [5.74, 6) is 0. The Morgan fingerprint density at radius 2 is 0.719 bits per heavy atom. The Morgan fingerprint density at radius 1 is 0.406 bits per heavy atom. The summed E-state index contributed by atoms with van der Waals surface area (Å²) < 4.78 is 0. The summed E-state index contributed by atoms with van der Waals surface area (Å²) in [4.78, 5) is 5.33. The third kappa shape index (κ3) is 15.2. The van der Waals surface area contributed by atoms with Crippen LogP contribution in [0.1, 0.15) is 162 Å². The quantitative estimate of drug-likeness (QED) is 0.135. The van der Waals surface area contributed by atoms with Gasteiger partial charge in [-0.1, -0.05) is 136 Å². The minimum Gasteiger partial charge on any atom is -0.356 e. The maximum absolute atomic E-state index is 2.66. The topological polar surface area (TPSA) is 6.48 Å². The van der Waals surface area contributed by atoms with Crippen LogP contribution in [0, 0.1) is 0 Å². The Balaban J connectivity index is 2.13. The highest BCUT2D eigenvalue weighted by Gasteiger charge is 2.24. The molecular weight excluding hydrogens is 388 g/mol. The third-order valence-corrected chi connectivity index (χ3v) is 7.32. The van der Waals surface area contributed by atoms with Crippen LogP contribution in [0.25, 0.3) is 0 Å². The Labute approximate surface area is 203 Å². The van der Waals surface area contributed by atoms with Gasteiger partial charge in [0.05, 0.1) is 0 Å². The molecule has 1 rings (SSSR count). The first-order valence-corrected chi connectivity index (χ1v) is 15.0. The van der Waals surface area contributed by atoms with Gasteiger partial charge >= 0.3 is 0 Å². The van der Waals surface area contributed by atoms with Crippen molar-refractivity contribution in [2.75, 3.05) is 13.1 Å². The van der Waals surface area contributed by atoms with Crippen LogP contribution in [-0.4, -0.2) is 29.1 Å². The normalized spacial score (nSPS) is 14.2. The number of hydrogen-bond donors (Lipinski definition) is 0. The van der Waals surface area contributed by atoms with E-state index in [-0.39, 0.29) is 0 Å². The maximum Gasteiger partial charge on any atom is 0.101 e. The summed E-state index contributed by atoms with van der Waals surface area (Å²) in [5.41, 5.74) is 0. The van der Waals surface area contributed by atoms with Gasteiger partial charge in [0.1, 0.15) is 6.17 Å². The lowest BCUT2D eigenvalue weighted by molar-refractivity contribution is 0.135. The SMILES string of the molecule is CCCCCCCCCCCCCCCC1N(CCCCCC)C=CN1CCCCCC. The number of rotatable bonds is 24. The Bertz CT molecular complexity index is 384. The zero-order chi connectivity index (χ0) is 23.1. The van der Waals surface area contributed by atoms with Gasteiger partial charge in [-0.2, -0.15) is 0 Å². The van der Waals surface area contributed by atoms with E-state index in [9.17, 15) is 0 Å². The van der Waals surface area contributed by atoms with Crippen molar-refractivity contribution in [2.24, 2.45) is 0 Å². The van der Waals surface area contributed by atoms with Crippen LogP contribution in [0.3, 0.4) is 0 Å². The van der Waals surface area contributed by atoms with Crippen LogP contribution in [0.4, 0.5) is 0 Å². The first-order chi connectivity index (χ1) is 15.8. The average molecular weight is 449 g/mol. The highest BCUT2D eigenvalue weighted by Crippen LogP contribution is 2.23. The van der Waals surface area contributed by atoms with Crippen molar-refractivity contribution in [1.29, 1.82) is 0 Å². The summed E-state index contributed by atoms with van der Waals surface area (Å²) in [6.07, 6.45) is 36.6. The predicted octanol–water partition coefficient (Wildman–Crippen LogP) is 10.0. The average Bonchev–Trinajstić information content (AvgIpc) is 3.19. The van der Waals surface area contributed by atoms with Crippen LogP contribution in [0.5, 0.6) is 0 Å². The lowest BCUT2D eigenvalue weighted by Crippen LogP contribution is -2.39. The molecule has 1 aliphatic heterocycles. The second kappa shape index (κ2) is 22.1. The van der Waals surface area contributed by atoms with Crippen molar-refractivity contribution in [3.63, 3.8) is 0 Å². The molecule has 0 amide bonds. The molecule has 190 valence electrons. The van der Waals surface area contributed by atoms with E-state index in [4.69, 9.17) is 0 Å². The van der Waals surface area contributed by atoms with Crippen molar-refractivity contribution in [3.8, 4) is 0 Å². The van der Waals surface area contributed by atoms with E-state index in [1.807, 2.05) is 0 Å². The molecule has 0 aromatic carbocycles. The van der Waals surface area contributed by atoms with Crippen LogP contribution >= 0.6 is 0 Å². The van der Waals surface area contributed by atoms with Gasteiger partial charge in [0.15, 0.2) is 0 Å². The zero-order valence-electron chi connectivity index (χ0n) is 22.6. The van der Waals surface area contributed by atoms with E-state index in [0.717, 1.165) is 0 Å². The number of nitrogens with zero attached hydrogens (tertiary/aromatic N) is 2. The molecule has 0 N–H and O–H groups in total. The standard InChI is InChI=1S/C30H60N2/c1-4-7-10-13-14-15-16-17-18-19-20-21-22-25-30-31(26-23-11-8-5-2)28-29-32(30)27-24-12-9-6-3/h28-30H,4-27H2,1-3H3. The van der Waals surface area contributed by atoms with Gasteiger partial charge in [-0.25, -0.2) is 0 Å². The fourth-order valence-electron chi connectivity index (χ4n) is 5.13. The Morgan fingerprint density at radius 3 is 1.09 bits per heavy atom. The summed E-state index contributed by atoms with van der Waals surface area (Å²) in [6, 6.07) is 0. The van der Waals surface area contributed by atoms with E-state index < -0.39 is 0 Å². The highest BCUT2D eigenvalue weighted by atomic mass is 15.4. The molecule has 0 bridgehead atoms. The van der Waals surface area contributed by atoms with Crippen LogP contribution in [0.2, 0.25) is 0 Å². The van der Waals surface area contributed by atoms with Gasteiger partial charge in [0, 0.05) is 25.5 Å². The smallest absolute Gasteiger partial charge is 0.101 e. The lowest BCUT2D eigenvalue weighted by atomic mass is 10.0.